The van der Waals surface area contributed by atoms with Crippen molar-refractivity contribution in [3.8, 4) is 0 Å². The maximum Gasteiger partial charge on any atom is 0.0319 e. The molecule has 2 heteroatoms. The lowest BCUT2D eigenvalue weighted by Gasteiger charge is -2.47. The van der Waals surface area contributed by atoms with Crippen LogP contribution in [-0.2, 0) is 0 Å². The summed E-state index contributed by atoms with van der Waals surface area (Å²) in [6.45, 7) is 14.6. The third-order valence-corrected chi connectivity index (χ3v) is 5.57. The minimum Gasteiger partial charge on any atom is -0.245 e. The molecule has 1 rings (SSSR count). The molecular formula is C21H44N2. The lowest BCUT2D eigenvalue weighted by molar-refractivity contribution is -0.0901. The SMILES string of the molecule is CCCCCCCCC(C)C(N1CCCCCN1C)C(C)(C)C. The average Bonchev–Trinajstić information content (AvgIpc) is 2.67. The van der Waals surface area contributed by atoms with Crippen LogP contribution < -0.4 is 0 Å². The van der Waals surface area contributed by atoms with Gasteiger partial charge in [-0.15, -0.1) is 0 Å². The Balaban J connectivity index is 2.55. The maximum atomic E-state index is 2.72. The van der Waals surface area contributed by atoms with Crippen molar-refractivity contribution < 1.29 is 0 Å². The topological polar surface area (TPSA) is 6.48 Å². The molecule has 1 aliphatic heterocycles. The minimum absolute atomic E-state index is 0.347. The quantitative estimate of drug-likeness (QED) is 0.471. The van der Waals surface area contributed by atoms with Gasteiger partial charge in [-0.3, -0.25) is 0 Å². The highest BCUT2D eigenvalue weighted by Gasteiger charge is 2.36. The molecule has 138 valence electrons. The highest BCUT2D eigenvalue weighted by atomic mass is 15.6. The van der Waals surface area contributed by atoms with Crippen LogP contribution in [0.25, 0.3) is 0 Å². The van der Waals surface area contributed by atoms with E-state index >= 15 is 0 Å². The normalized spacial score (nSPS) is 21.1. The molecule has 1 saturated heterocycles. The second-order valence-corrected chi connectivity index (χ2v) is 8.95. The second kappa shape index (κ2) is 10.7. The summed E-state index contributed by atoms with van der Waals surface area (Å²) in [4.78, 5) is 0. The lowest BCUT2D eigenvalue weighted by atomic mass is 9.77. The van der Waals surface area contributed by atoms with Crippen molar-refractivity contribution in [3.63, 3.8) is 0 Å². The van der Waals surface area contributed by atoms with Crippen LogP contribution in [-0.4, -0.2) is 36.2 Å². The van der Waals surface area contributed by atoms with Crippen LogP contribution in [0, 0.1) is 11.3 Å². The molecule has 2 nitrogen and oxygen atoms in total. The Morgan fingerprint density at radius 2 is 1.48 bits per heavy atom. The van der Waals surface area contributed by atoms with Gasteiger partial charge in [0.1, 0.15) is 0 Å². The molecule has 0 aromatic carbocycles. The predicted molar refractivity (Wildman–Crippen MR) is 104 cm³/mol. The predicted octanol–water partition coefficient (Wildman–Crippen LogP) is 6.12. The Morgan fingerprint density at radius 3 is 2.13 bits per heavy atom. The first-order chi connectivity index (χ1) is 10.9. The Bertz CT molecular complexity index is 295. The molecule has 0 N–H and O–H groups in total. The van der Waals surface area contributed by atoms with Gasteiger partial charge in [-0.2, -0.15) is 0 Å². The zero-order valence-corrected chi connectivity index (χ0v) is 17.0. The summed E-state index contributed by atoms with van der Waals surface area (Å²) in [5, 5.41) is 5.25. The fourth-order valence-electron chi connectivity index (χ4n) is 4.44. The van der Waals surface area contributed by atoms with E-state index in [1.165, 1.54) is 77.3 Å². The van der Waals surface area contributed by atoms with Crippen LogP contribution in [0.15, 0.2) is 0 Å². The van der Waals surface area contributed by atoms with Gasteiger partial charge in [0.2, 0.25) is 0 Å². The summed E-state index contributed by atoms with van der Waals surface area (Å²) in [7, 11) is 2.31. The largest absolute Gasteiger partial charge is 0.245 e. The summed E-state index contributed by atoms with van der Waals surface area (Å²) in [6, 6.07) is 0.668. The highest BCUT2D eigenvalue weighted by molar-refractivity contribution is 4.87. The number of hydrogen-bond donors (Lipinski definition) is 0. The van der Waals surface area contributed by atoms with Gasteiger partial charge in [-0.1, -0.05) is 79.6 Å². The highest BCUT2D eigenvalue weighted by Crippen LogP contribution is 2.34. The van der Waals surface area contributed by atoms with Gasteiger partial charge in [-0.25, -0.2) is 10.0 Å². The van der Waals surface area contributed by atoms with E-state index in [4.69, 9.17) is 0 Å². The van der Waals surface area contributed by atoms with Gasteiger partial charge >= 0.3 is 0 Å². The first-order valence-electron chi connectivity index (χ1n) is 10.4. The molecule has 0 bridgehead atoms. The molecule has 1 fully saturated rings. The minimum atomic E-state index is 0.347. The molecule has 0 aliphatic carbocycles. The van der Waals surface area contributed by atoms with Gasteiger partial charge < -0.3 is 0 Å². The Morgan fingerprint density at radius 1 is 0.870 bits per heavy atom. The smallest absolute Gasteiger partial charge is 0.0319 e. The number of rotatable bonds is 9. The maximum absolute atomic E-state index is 2.72. The summed E-state index contributed by atoms with van der Waals surface area (Å²) in [5.41, 5.74) is 0.347. The van der Waals surface area contributed by atoms with E-state index in [9.17, 15) is 0 Å². The van der Waals surface area contributed by atoms with Crippen molar-refractivity contribution in [1.29, 1.82) is 0 Å². The molecule has 0 spiro atoms. The van der Waals surface area contributed by atoms with E-state index in [-0.39, 0.29) is 0 Å². The van der Waals surface area contributed by atoms with Gasteiger partial charge in [0.25, 0.3) is 0 Å². The van der Waals surface area contributed by atoms with Gasteiger partial charge in [0.05, 0.1) is 0 Å². The monoisotopic (exact) mass is 324 g/mol. The van der Waals surface area contributed by atoms with E-state index < -0.39 is 0 Å². The van der Waals surface area contributed by atoms with E-state index in [0.29, 0.717) is 11.5 Å². The van der Waals surface area contributed by atoms with Crippen molar-refractivity contribution in [2.45, 2.75) is 105 Å². The summed E-state index contributed by atoms with van der Waals surface area (Å²) < 4.78 is 0. The molecule has 0 amide bonds. The van der Waals surface area contributed by atoms with Crippen molar-refractivity contribution in [2.75, 3.05) is 20.1 Å². The molecule has 1 aliphatic rings. The summed E-state index contributed by atoms with van der Waals surface area (Å²) in [6.07, 6.45) is 14.0. The molecule has 0 saturated carbocycles. The summed E-state index contributed by atoms with van der Waals surface area (Å²) in [5.74, 6) is 0.779. The van der Waals surface area contributed by atoms with Crippen LogP contribution in [0.5, 0.6) is 0 Å². The van der Waals surface area contributed by atoms with Crippen LogP contribution in [0.3, 0.4) is 0 Å². The molecular weight excluding hydrogens is 280 g/mol. The molecule has 0 radical (unpaired) electrons. The zero-order valence-electron chi connectivity index (χ0n) is 17.0. The Kier molecular flexibility index (Phi) is 9.77. The van der Waals surface area contributed by atoms with Crippen LogP contribution in [0.1, 0.15) is 98.8 Å². The Hall–Kier alpha value is -0.0800. The van der Waals surface area contributed by atoms with Crippen LogP contribution >= 0.6 is 0 Å². The number of nitrogens with zero attached hydrogens (tertiary/aromatic N) is 2. The van der Waals surface area contributed by atoms with E-state index in [1.54, 1.807) is 0 Å². The summed E-state index contributed by atoms with van der Waals surface area (Å²) >= 11 is 0. The van der Waals surface area contributed by atoms with Crippen LogP contribution in [0.2, 0.25) is 0 Å². The molecule has 2 unspecified atom stereocenters. The van der Waals surface area contributed by atoms with Gasteiger partial charge in [0, 0.05) is 26.2 Å². The van der Waals surface area contributed by atoms with Crippen LogP contribution in [0.4, 0.5) is 0 Å². The van der Waals surface area contributed by atoms with Crippen molar-refractivity contribution in [3.05, 3.63) is 0 Å². The van der Waals surface area contributed by atoms with Crippen molar-refractivity contribution in [2.24, 2.45) is 11.3 Å². The van der Waals surface area contributed by atoms with E-state index in [2.05, 4.69) is 51.7 Å². The number of hydrogen-bond acceptors (Lipinski definition) is 2. The van der Waals surface area contributed by atoms with E-state index in [1.807, 2.05) is 0 Å². The third kappa shape index (κ3) is 7.56. The van der Waals surface area contributed by atoms with E-state index in [0.717, 1.165) is 5.92 Å². The molecule has 1 heterocycles. The van der Waals surface area contributed by atoms with Gasteiger partial charge in [-0.05, 0) is 30.6 Å². The van der Waals surface area contributed by atoms with Gasteiger partial charge in [0.15, 0.2) is 0 Å². The third-order valence-electron chi connectivity index (χ3n) is 5.57. The number of hydrazine groups is 1. The molecule has 0 aromatic heterocycles. The zero-order chi connectivity index (χ0) is 17.3. The average molecular weight is 325 g/mol. The Labute approximate surface area is 147 Å². The molecule has 0 aromatic rings. The second-order valence-electron chi connectivity index (χ2n) is 8.95. The molecule has 23 heavy (non-hydrogen) atoms. The van der Waals surface area contributed by atoms with Crippen molar-refractivity contribution >= 4 is 0 Å². The number of unbranched alkanes of at least 4 members (excludes halogenated alkanes) is 5. The fraction of sp³-hybridized carbons (Fsp3) is 1.00. The molecule has 2 atom stereocenters. The first-order valence-corrected chi connectivity index (χ1v) is 10.4. The van der Waals surface area contributed by atoms with Crippen molar-refractivity contribution in [1.82, 2.24) is 10.0 Å². The first kappa shape index (κ1) is 21.0. The lowest BCUT2D eigenvalue weighted by Crippen LogP contribution is -2.54. The fourth-order valence-corrected chi connectivity index (χ4v) is 4.44. The standard InChI is InChI=1S/C21H44N2/c1-7-8-9-10-11-13-16-19(2)20(21(3,4)5)23-18-15-12-14-17-22(23)6/h19-20H,7-18H2,1-6H3.